The number of carbonyl (C=O) groups excluding carboxylic acids is 2. The highest BCUT2D eigenvalue weighted by Crippen LogP contribution is 2.26. The Balaban J connectivity index is 1.66. The average Bonchev–Trinajstić information content (AvgIpc) is 3.28. The molecule has 0 fully saturated rings. The van der Waals surface area contributed by atoms with Gasteiger partial charge in [0.15, 0.2) is 17.2 Å². The van der Waals surface area contributed by atoms with Gasteiger partial charge in [0.05, 0.1) is 24.7 Å². The van der Waals surface area contributed by atoms with E-state index in [0.29, 0.717) is 35.1 Å². The van der Waals surface area contributed by atoms with E-state index in [9.17, 15) is 14.0 Å². The lowest BCUT2D eigenvalue weighted by atomic mass is 10.2. The van der Waals surface area contributed by atoms with Crippen LogP contribution in [-0.4, -0.2) is 52.0 Å². The van der Waals surface area contributed by atoms with Gasteiger partial charge in [-0.05, 0) is 38.1 Å². The third kappa shape index (κ3) is 4.74. The van der Waals surface area contributed by atoms with Crippen LogP contribution in [0.15, 0.2) is 48.9 Å². The predicted octanol–water partition coefficient (Wildman–Crippen LogP) is 3.67. The van der Waals surface area contributed by atoms with Crippen LogP contribution < -0.4 is 20.3 Å². The number of aryl methyl sites for hydroxylation is 1. The molecule has 4 aromatic rings. The third-order valence-electron chi connectivity index (χ3n) is 5.34. The topological polar surface area (TPSA) is 114 Å². The summed E-state index contributed by atoms with van der Waals surface area (Å²) in [6.07, 6.45) is 4.88. The number of fused-ring (bicyclic) bond motifs is 1. The lowest BCUT2D eigenvalue weighted by Gasteiger charge is -2.18. The average molecular weight is 478 g/mol. The van der Waals surface area contributed by atoms with Crippen LogP contribution in [0.4, 0.5) is 20.7 Å². The van der Waals surface area contributed by atoms with Crippen molar-refractivity contribution in [3.05, 3.63) is 66.1 Å². The first-order chi connectivity index (χ1) is 16.8. The molecule has 0 aliphatic carbocycles. The number of nitrogens with zero attached hydrogens (tertiary/aromatic N) is 5. The second-order valence-electron chi connectivity index (χ2n) is 7.65. The summed E-state index contributed by atoms with van der Waals surface area (Å²) in [5, 5.41) is 5.29. The smallest absolute Gasteiger partial charge is 0.320 e. The molecule has 0 spiro atoms. The first-order valence-electron chi connectivity index (χ1n) is 10.8. The minimum Gasteiger partial charge on any atom is -0.494 e. The first kappa shape index (κ1) is 23.6. The van der Waals surface area contributed by atoms with E-state index in [4.69, 9.17) is 4.74 Å². The molecule has 11 heteroatoms. The van der Waals surface area contributed by atoms with Crippen molar-refractivity contribution in [1.29, 1.82) is 0 Å². The van der Waals surface area contributed by atoms with Gasteiger partial charge in [0.1, 0.15) is 11.5 Å². The number of anilines is 2. The van der Waals surface area contributed by atoms with Crippen molar-refractivity contribution in [1.82, 2.24) is 24.7 Å². The van der Waals surface area contributed by atoms with Gasteiger partial charge in [0.25, 0.3) is 5.91 Å². The number of imidazole rings is 1. The number of hydrogen-bond acceptors (Lipinski definition) is 6. The van der Waals surface area contributed by atoms with Gasteiger partial charge in [0.2, 0.25) is 0 Å². The van der Waals surface area contributed by atoms with Gasteiger partial charge in [-0.3, -0.25) is 14.5 Å². The van der Waals surface area contributed by atoms with Crippen molar-refractivity contribution in [2.75, 3.05) is 30.9 Å². The van der Waals surface area contributed by atoms with E-state index in [2.05, 4.69) is 25.6 Å². The molecular formula is C24H24FN7O3. The predicted molar refractivity (Wildman–Crippen MR) is 129 cm³/mol. The van der Waals surface area contributed by atoms with Gasteiger partial charge in [-0.15, -0.1) is 0 Å². The molecule has 0 radical (unpaired) electrons. The number of pyridine rings is 1. The zero-order valence-electron chi connectivity index (χ0n) is 19.7. The van der Waals surface area contributed by atoms with Gasteiger partial charge >= 0.3 is 6.03 Å². The number of rotatable bonds is 6. The van der Waals surface area contributed by atoms with Crippen LogP contribution in [0.25, 0.3) is 16.9 Å². The van der Waals surface area contributed by atoms with Crippen molar-refractivity contribution >= 4 is 29.1 Å². The SMILES string of the molecule is CCNC(=O)Nc1ccc(-c2cnc3c(C)nc(C(=O)N(C)c4ccc(F)c(OC)c4)cn23)cn1. The molecule has 4 rings (SSSR count). The highest BCUT2D eigenvalue weighted by molar-refractivity contribution is 6.04. The van der Waals surface area contributed by atoms with Gasteiger partial charge in [0, 0.05) is 43.3 Å². The van der Waals surface area contributed by atoms with E-state index in [0.717, 1.165) is 5.56 Å². The summed E-state index contributed by atoms with van der Waals surface area (Å²) in [6, 6.07) is 7.32. The monoisotopic (exact) mass is 477 g/mol. The summed E-state index contributed by atoms with van der Waals surface area (Å²) in [6.45, 7) is 4.09. The van der Waals surface area contributed by atoms with Crippen molar-refractivity contribution in [3.63, 3.8) is 0 Å². The van der Waals surface area contributed by atoms with Gasteiger partial charge in [-0.1, -0.05) is 0 Å². The van der Waals surface area contributed by atoms with Gasteiger partial charge in [-0.25, -0.2) is 24.1 Å². The second-order valence-corrected chi connectivity index (χ2v) is 7.65. The van der Waals surface area contributed by atoms with Crippen molar-refractivity contribution < 1.29 is 18.7 Å². The zero-order valence-corrected chi connectivity index (χ0v) is 19.7. The number of nitrogens with one attached hydrogen (secondary N) is 2. The number of ether oxygens (including phenoxy) is 1. The number of aromatic nitrogens is 4. The van der Waals surface area contributed by atoms with Crippen LogP contribution in [0.3, 0.4) is 0 Å². The number of carbonyl (C=O) groups is 2. The quantitative estimate of drug-likeness (QED) is 0.438. The van der Waals surface area contributed by atoms with Crippen molar-refractivity contribution in [3.8, 4) is 17.0 Å². The molecule has 35 heavy (non-hydrogen) atoms. The summed E-state index contributed by atoms with van der Waals surface area (Å²) in [5.74, 6) is -0.464. The van der Waals surface area contributed by atoms with Crippen LogP contribution in [0, 0.1) is 12.7 Å². The Morgan fingerprint density at radius 2 is 1.97 bits per heavy atom. The van der Waals surface area contributed by atoms with Crippen LogP contribution in [0.2, 0.25) is 0 Å². The minimum atomic E-state index is -0.517. The molecule has 180 valence electrons. The van der Waals surface area contributed by atoms with Crippen LogP contribution in [0.1, 0.15) is 23.1 Å². The van der Waals surface area contributed by atoms with Gasteiger partial charge in [-0.2, -0.15) is 0 Å². The maximum atomic E-state index is 13.8. The standard InChI is InChI=1S/C24H24FN7O3/c1-5-26-24(34)30-21-9-6-15(11-27-21)19-12-28-22-14(2)29-18(13-32(19)22)23(33)31(3)16-7-8-17(25)20(10-16)35-4/h6-13H,5H2,1-4H3,(H2,26,27,30,34). The zero-order chi connectivity index (χ0) is 25.1. The number of hydrogen-bond donors (Lipinski definition) is 2. The molecular weight excluding hydrogens is 453 g/mol. The normalized spacial score (nSPS) is 10.8. The molecule has 0 saturated heterocycles. The third-order valence-corrected chi connectivity index (χ3v) is 5.34. The minimum absolute atomic E-state index is 0.0382. The molecule has 0 aliphatic rings. The van der Waals surface area contributed by atoms with Crippen molar-refractivity contribution in [2.24, 2.45) is 0 Å². The summed E-state index contributed by atoms with van der Waals surface area (Å²) >= 11 is 0. The van der Waals surface area contributed by atoms with E-state index in [1.165, 1.54) is 30.2 Å². The van der Waals surface area contributed by atoms with Gasteiger partial charge < -0.3 is 15.0 Å². The Labute approximate surface area is 200 Å². The van der Waals surface area contributed by atoms with Crippen LogP contribution in [0.5, 0.6) is 5.75 Å². The Hall–Kier alpha value is -4.54. The lowest BCUT2D eigenvalue weighted by molar-refractivity contribution is 0.0987. The van der Waals surface area contributed by atoms with Crippen LogP contribution >= 0.6 is 0 Å². The van der Waals surface area contributed by atoms with E-state index < -0.39 is 5.82 Å². The maximum absolute atomic E-state index is 13.8. The summed E-state index contributed by atoms with van der Waals surface area (Å²) in [7, 11) is 2.94. The highest BCUT2D eigenvalue weighted by atomic mass is 19.1. The van der Waals surface area contributed by atoms with E-state index in [1.54, 1.807) is 49.1 Å². The molecule has 0 aliphatic heterocycles. The molecule has 0 atom stereocenters. The highest BCUT2D eigenvalue weighted by Gasteiger charge is 2.20. The lowest BCUT2D eigenvalue weighted by Crippen LogP contribution is -2.28. The first-order valence-corrected chi connectivity index (χ1v) is 10.8. The fourth-order valence-electron chi connectivity index (χ4n) is 3.54. The largest absolute Gasteiger partial charge is 0.494 e. The molecule has 3 amide bonds. The van der Waals surface area contributed by atoms with E-state index in [-0.39, 0.29) is 23.4 Å². The molecule has 0 bridgehead atoms. The molecule has 2 N–H and O–H groups in total. The second kappa shape index (κ2) is 9.75. The summed E-state index contributed by atoms with van der Waals surface area (Å²) < 4.78 is 20.6. The van der Waals surface area contributed by atoms with Crippen molar-refractivity contribution in [2.45, 2.75) is 13.8 Å². The van der Waals surface area contributed by atoms with E-state index >= 15 is 0 Å². The number of methoxy groups -OCH3 is 1. The molecule has 0 unspecified atom stereocenters. The Morgan fingerprint density at radius 3 is 2.66 bits per heavy atom. The fourth-order valence-corrected chi connectivity index (χ4v) is 3.54. The Kier molecular flexibility index (Phi) is 6.58. The number of benzene rings is 1. The maximum Gasteiger partial charge on any atom is 0.320 e. The molecule has 1 aromatic carbocycles. The number of halogens is 1. The Bertz CT molecular complexity index is 1400. The molecule has 0 saturated carbocycles. The fraction of sp³-hybridized carbons (Fsp3) is 0.208. The number of urea groups is 1. The van der Waals surface area contributed by atoms with Crippen LogP contribution in [-0.2, 0) is 0 Å². The summed E-state index contributed by atoms with van der Waals surface area (Å²) in [4.78, 5) is 39.5. The Morgan fingerprint density at radius 1 is 1.17 bits per heavy atom. The van der Waals surface area contributed by atoms with E-state index in [1.807, 2.05) is 6.92 Å². The molecule has 3 heterocycles. The number of amides is 3. The summed E-state index contributed by atoms with van der Waals surface area (Å²) in [5.41, 5.74) is 3.23. The molecule has 10 nitrogen and oxygen atoms in total. The molecule has 3 aromatic heterocycles.